The Bertz CT molecular complexity index is 1860. The van der Waals surface area contributed by atoms with Crippen LogP contribution in [0.1, 0.15) is 116 Å². The van der Waals surface area contributed by atoms with Gasteiger partial charge in [-0.2, -0.15) is 0 Å². The van der Waals surface area contributed by atoms with Crippen molar-refractivity contribution in [3.63, 3.8) is 0 Å². The van der Waals surface area contributed by atoms with Gasteiger partial charge in [0.05, 0.1) is 73.4 Å². The summed E-state index contributed by atoms with van der Waals surface area (Å²) in [6, 6.07) is -3.84. The van der Waals surface area contributed by atoms with Gasteiger partial charge in [0.2, 0.25) is 0 Å². The topological polar surface area (TPSA) is 463 Å². The maximum Gasteiger partial charge on any atom is 3.00 e. The molecule has 6 unspecified atom stereocenters. The van der Waals surface area contributed by atoms with Crippen LogP contribution < -0.4 is 46.0 Å². The van der Waals surface area contributed by atoms with E-state index in [0.29, 0.717) is 77.0 Å². The molecule has 0 aromatic carbocycles. The number of rotatable bonds is 36. The molecule has 0 heterocycles. The molecule has 3 fully saturated rings. The van der Waals surface area contributed by atoms with Gasteiger partial charge in [-0.3, -0.25) is 43.8 Å². The number of carbonyl (C=O) groups is 12. The number of nitrogens with zero attached hydrogens (tertiary/aromatic N) is 6. The van der Waals surface area contributed by atoms with Crippen molar-refractivity contribution < 1.29 is 126 Å². The summed E-state index contributed by atoms with van der Waals surface area (Å²) in [4.78, 5) is 147. The Morgan fingerprint density at radius 3 is 0.610 bits per heavy atom. The number of ketones is 3. The molecule has 0 aromatic rings. The Morgan fingerprint density at radius 1 is 0.299 bits per heavy atom. The molecular formula is C48H69FeN6O22-6. The summed E-state index contributed by atoms with van der Waals surface area (Å²) in [5.74, 6) is -14.4. The van der Waals surface area contributed by atoms with E-state index in [-0.39, 0.29) is 54.1 Å². The molecule has 2 N–H and O–H groups in total. The third-order valence-electron chi connectivity index (χ3n) is 13.5. The van der Waals surface area contributed by atoms with Crippen molar-refractivity contribution in [3.8, 4) is 0 Å². The van der Waals surface area contributed by atoms with E-state index >= 15 is 0 Å². The van der Waals surface area contributed by atoms with E-state index in [1.165, 1.54) is 19.6 Å². The molecule has 28 nitrogen and oxygen atoms in total. The van der Waals surface area contributed by atoms with Crippen molar-refractivity contribution in [1.82, 2.24) is 29.4 Å². The van der Waals surface area contributed by atoms with Crippen molar-refractivity contribution in [2.45, 2.75) is 152 Å². The van der Waals surface area contributed by atoms with Gasteiger partial charge in [-0.1, -0.05) is 45.4 Å². The van der Waals surface area contributed by atoms with Gasteiger partial charge in [-0.15, -0.1) is 0 Å². The van der Waals surface area contributed by atoms with Crippen LogP contribution in [-0.4, -0.2) is 221 Å². The molecule has 3 rings (SSSR count). The first-order valence-electron chi connectivity index (χ1n) is 25.1. The van der Waals surface area contributed by atoms with Crippen molar-refractivity contribution in [2.75, 3.05) is 78.5 Å². The fraction of sp³-hybridized carbons (Fsp3) is 0.750. The molecule has 0 saturated heterocycles. The summed E-state index contributed by atoms with van der Waals surface area (Å²) in [6.45, 7) is -5.08. The third kappa shape index (κ3) is 28.1. The van der Waals surface area contributed by atoms with Gasteiger partial charge in [-0.25, -0.2) is 0 Å². The minimum Gasteiger partial charge on any atom is -0.549 e. The second-order valence-electron chi connectivity index (χ2n) is 19.3. The first-order valence-corrected chi connectivity index (χ1v) is 25.1. The van der Waals surface area contributed by atoms with Crippen LogP contribution in [0.25, 0.3) is 0 Å². The second kappa shape index (κ2) is 37.3. The van der Waals surface area contributed by atoms with Gasteiger partial charge < -0.3 is 94.6 Å². The van der Waals surface area contributed by atoms with E-state index in [1.807, 2.05) is 6.92 Å². The second-order valence-corrected chi connectivity index (χ2v) is 19.3. The molecule has 0 bridgehead atoms. The maximum atomic E-state index is 13.0. The Hall–Kier alpha value is -5.52. The van der Waals surface area contributed by atoms with Gasteiger partial charge in [-0.05, 0) is 51.4 Å². The number of carbonyl (C=O) groups excluding carboxylic acids is 12. The first-order chi connectivity index (χ1) is 35.3. The van der Waals surface area contributed by atoms with Crippen LogP contribution in [0.3, 0.4) is 0 Å². The van der Waals surface area contributed by atoms with Crippen LogP contribution in [0.2, 0.25) is 0 Å². The standard InChI is InChI=1S/C31H48N4O14.C17H28N2O7.Fe.H2O/c36-20(12-32(14-26(38)39)22-8-1-3-10-24(22)34(16-28(42)43)17-29(44)45)6-5-7-21(37)13-33(15-27(40)41)23-9-2-4-11-25(23)35(18-30(46)47)19-31(48)49;1-2-5-12(20)8-18(9-15(21)22)13-6-3-4-7-14(13)19(10-16(23)24)11-17(25)26;;/h22-25H,1-19H2,(H,38,39)(H,40,41)(H,42,43)(H,44,45)(H,46,47)(H,48,49);13-14H,2-11H2,1H3,(H,21,22)(H,23,24)(H,25,26);;1H2/q;;+3;/p-9. The van der Waals surface area contributed by atoms with Crippen molar-refractivity contribution in [1.29, 1.82) is 0 Å². The Morgan fingerprint density at radius 2 is 0.455 bits per heavy atom. The number of Topliss-reactive ketones (excluding diaryl/α,β-unsaturated/α-hetero) is 3. The average Bonchev–Trinajstić information content (AvgIpc) is 3.29. The summed E-state index contributed by atoms with van der Waals surface area (Å²) in [6.07, 6.45) is 6.96. The Kier molecular flexibility index (Phi) is 34.6. The van der Waals surface area contributed by atoms with Crippen LogP contribution in [-0.2, 0) is 74.6 Å². The van der Waals surface area contributed by atoms with Crippen LogP contribution in [0.15, 0.2) is 0 Å². The maximum absolute atomic E-state index is 13.0. The Balaban J connectivity index is 0.00000174. The largest absolute Gasteiger partial charge is 3.00 e. The van der Waals surface area contributed by atoms with Crippen LogP contribution >= 0.6 is 0 Å². The molecule has 3 aliphatic carbocycles. The molecular weight excluding hydrogens is 1070 g/mol. The van der Waals surface area contributed by atoms with Gasteiger partial charge >= 0.3 is 17.1 Å². The quantitative estimate of drug-likeness (QED) is 0.0526. The number of carboxylic acids is 9. The zero-order chi connectivity index (χ0) is 56.4. The van der Waals surface area contributed by atoms with Gasteiger partial charge in [0.25, 0.3) is 0 Å². The van der Waals surface area contributed by atoms with E-state index in [0.717, 1.165) is 22.6 Å². The molecule has 3 saturated carbocycles. The molecule has 0 aromatic heterocycles. The fourth-order valence-corrected chi connectivity index (χ4v) is 10.7. The summed E-state index contributed by atoms with van der Waals surface area (Å²) in [7, 11) is 0. The molecule has 3 aliphatic rings. The van der Waals surface area contributed by atoms with E-state index in [1.54, 1.807) is 0 Å². The van der Waals surface area contributed by atoms with Crippen molar-refractivity contribution in [2.24, 2.45) is 0 Å². The smallest absolute Gasteiger partial charge is 0.549 e. The van der Waals surface area contributed by atoms with Crippen LogP contribution in [0, 0.1) is 0 Å². The summed E-state index contributed by atoms with van der Waals surface area (Å²) >= 11 is 0. The molecule has 437 valence electrons. The predicted octanol–water partition coefficient (Wildman–Crippen LogP) is -12.7. The average molecular weight is 1140 g/mol. The van der Waals surface area contributed by atoms with Gasteiger partial charge in [0.15, 0.2) is 0 Å². The molecule has 6 atom stereocenters. The van der Waals surface area contributed by atoms with E-state index in [9.17, 15) is 103 Å². The van der Waals surface area contributed by atoms with E-state index < -0.39 is 174 Å². The minimum absolute atomic E-state index is 0. The summed E-state index contributed by atoms with van der Waals surface area (Å²) in [5, 5.41) is 102. The first kappa shape index (κ1) is 71.5. The minimum atomic E-state index is -1.54. The van der Waals surface area contributed by atoms with Crippen LogP contribution in [0.5, 0.6) is 0 Å². The van der Waals surface area contributed by atoms with Gasteiger partial charge in [0, 0.05) is 114 Å². The normalized spacial score (nSPS) is 20.3. The SMILES string of the molecule is CCCC(=O)CN(CC(=O)[O-])C1CCCCC1N(CC(=O)[O-])CC(=O)[O-].O.O=C([O-])CN(CC(=O)[O-])C1CCCCC1N(CC(=O)[O-])CC(=O)CCCC(=O)CN(CC(=O)[O-])C1CCCCC1N(CC(=O)[O-])CC(=O)[O-].[Fe+3]. The Labute approximate surface area is 456 Å². The zero-order valence-electron chi connectivity index (χ0n) is 43.1. The monoisotopic (exact) mass is 1140 g/mol. The summed E-state index contributed by atoms with van der Waals surface area (Å²) in [5.41, 5.74) is 0. The molecule has 29 heteroatoms. The number of hydrogen-bond donors (Lipinski definition) is 0. The van der Waals surface area contributed by atoms with Gasteiger partial charge in [0.1, 0.15) is 17.3 Å². The van der Waals surface area contributed by atoms with E-state index in [2.05, 4.69) is 0 Å². The van der Waals surface area contributed by atoms with Crippen molar-refractivity contribution in [3.05, 3.63) is 0 Å². The molecule has 1 radical (unpaired) electrons. The third-order valence-corrected chi connectivity index (χ3v) is 13.5. The van der Waals surface area contributed by atoms with Crippen molar-refractivity contribution >= 4 is 71.1 Å². The fourth-order valence-electron chi connectivity index (χ4n) is 10.7. The number of carboxylic acid groups (broad SMARTS) is 9. The molecule has 0 amide bonds. The predicted molar refractivity (Wildman–Crippen MR) is 240 cm³/mol. The van der Waals surface area contributed by atoms with Crippen LogP contribution in [0.4, 0.5) is 0 Å². The molecule has 77 heavy (non-hydrogen) atoms. The van der Waals surface area contributed by atoms with E-state index in [4.69, 9.17) is 0 Å². The summed E-state index contributed by atoms with van der Waals surface area (Å²) < 4.78 is 0. The number of aliphatic carboxylic acids is 9. The molecule has 0 spiro atoms. The zero-order valence-corrected chi connectivity index (χ0v) is 44.2. The number of hydrogen-bond acceptors (Lipinski definition) is 27. The molecule has 0 aliphatic heterocycles.